The van der Waals surface area contributed by atoms with Crippen LogP contribution in [0, 0.1) is 0 Å². The Labute approximate surface area is 109 Å². The highest BCUT2D eigenvalue weighted by Gasteiger charge is 2.13. The minimum Gasteiger partial charge on any atom is -0.355 e. The Hall–Kier alpha value is -1.10. The summed E-state index contributed by atoms with van der Waals surface area (Å²) < 4.78 is 0. The lowest BCUT2D eigenvalue weighted by Gasteiger charge is -2.16. The molecule has 0 heterocycles. The molecule has 0 aromatic rings. The highest BCUT2D eigenvalue weighted by molar-refractivity contribution is 5.78. The highest BCUT2D eigenvalue weighted by Crippen LogP contribution is 2.16. The van der Waals surface area contributed by atoms with Crippen molar-refractivity contribution in [3.8, 4) is 0 Å². The van der Waals surface area contributed by atoms with Gasteiger partial charge in [-0.1, -0.05) is 25.7 Å². The van der Waals surface area contributed by atoms with Gasteiger partial charge in [-0.25, -0.2) is 0 Å². The van der Waals surface area contributed by atoms with Gasteiger partial charge in [-0.15, -0.1) is 0 Å². The zero-order valence-corrected chi connectivity index (χ0v) is 11.3. The van der Waals surface area contributed by atoms with Gasteiger partial charge in [0.2, 0.25) is 11.8 Å². The number of hydrogen-bond donors (Lipinski definition) is 3. The molecule has 2 amide bonds. The molecule has 1 fully saturated rings. The lowest BCUT2D eigenvalue weighted by atomic mass is 10.1. The molecule has 3 N–H and O–H groups in total. The number of rotatable bonds is 6. The van der Waals surface area contributed by atoms with Crippen LogP contribution in [0.1, 0.15) is 45.4 Å². The van der Waals surface area contributed by atoms with E-state index in [1.807, 2.05) is 0 Å². The van der Waals surface area contributed by atoms with Crippen molar-refractivity contribution in [3.63, 3.8) is 0 Å². The normalized spacial score (nSPS) is 16.9. The summed E-state index contributed by atoms with van der Waals surface area (Å²) in [6, 6.07) is 0.358. The third kappa shape index (κ3) is 7.27. The van der Waals surface area contributed by atoms with Crippen molar-refractivity contribution in [1.82, 2.24) is 16.0 Å². The van der Waals surface area contributed by atoms with E-state index in [9.17, 15) is 9.59 Å². The van der Waals surface area contributed by atoms with Crippen LogP contribution in [0.5, 0.6) is 0 Å². The van der Waals surface area contributed by atoms with Crippen LogP contribution >= 0.6 is 0 Å². The van der Waals surface area contributed by atoms with Gasteiger partial charge in [-0.05, 0) is 12.8 Å². The summed E-state index contributed by atoms with van der Waals surface area (Å²) in [4.78, 5) is 22.3. The summed E-state index contributed by atoms with van der Waals surface area (Å²) in [6.45, 7) is 3.00. The Morgan fingerprint density at radius 1 is 1.06 bits per heavy atom. The average Bonchev–Trinajstić information content (AvgIpc) is 2.56. The van der Waals surface area contributed by atoms with Crippen LogP contribution in [0.25, 0.3) is 0 Å². The number of carbonyl (C=O) groups is 2. The van der Waals surface area contributed by atoms with Crippen LogP contribution in [-0.2, 0) is 9.59 Å². The second-order valence-electron chi connectivity index (χ2n) is 4.92. The van der Waals surface area contributed by atoms with E-state index >= 15 is 0 Å². The molecule has 0 spiro atoms. The van der Waals surface area contributed by atoms with Gasteiger partial charge >= 0.3 is 0 Å². The molecule has 5 nitrogen and oxygen atoms in total. The van der Waals surface area contributed by atoms with Crippen LogP contribution in [0.2, 0.25) is 0 Å². The van der Waals surface area contributed by atoms with E-state index in [1.165, 1.54) is 32.6 Å². The fourth-order valence-electron chi connectivity index (χ4n) is 2.23. The fraction of sp³-hybridized carbons (Fsp3) is 0.846. The van der Waals surface area contributed by atoms with E-state index in [4.69, 9.17) is 0 Å². The third-order valence-corrected chi connectivity index (χ3v) is 3.18. The molecule has 0 bridgehead atoms. The lowest BCUT2D eigenvalue weighted by molar-refractivity contribution is -0.121. The molecule has 1 aliphatic rings. The predicted octanol–water partition coefficient (Wildman–Crippen LogP) is 0.551. The molecule has 104 valence electrons. The zero-order valence-electron chi connectivity index (χ0n) is 11.3. The smallest absolute Gasteiger partial charge is 0.234 e. The van der Waals surface area contributed by atoms with Gasteiger partial charge in [0.15, 0.2) is 0 Å². The molecule has 0 radical (unpaired) electrons. The van der Waals surface area contributed by atoms with Crippen molar-refractivity contribution in [2.24, 2.45) is 0 Å². The average molecular weight is 255 g/mol. The minimum absolute atomic E-state index is 0.0419. The molecule has 1 saturated carbocycles. The van der Waals surface area contributed by atoms with E-state index in [0.717, 1.165) is 12.8 Å². The first-order valence-electron chi connectivity index (χ1n) is 6.93. The summed E-state index contributed by atoms with van der Waals surface area (Å²) in [5.74, 6) is 0.0180. The van der Waals surface area contributed by atoms with Crippen LogP contribution in [0.15, 0.2) is 0 Å². The molecule has 0 saturated heterocycles. The fourth-order valence-corrected chi connectivity index (χ4v) is 2.23. The largest absolute Gasteiger partial charge is 0.355 e. The minimum atomic E-state index is -0.0419. The molecule has 1 rings (SSSR count). The van der Waals surface area contributed by atoms with Gasteiger partial charge < -0.3 is 16.0 Å². The molecular weight excluding hydrogens is 230 g/mol. The summed E-state index contributed by atoms with van der Waals surface area (Å²) in [5.41, 5.74) is 0. The second kappa shape index (κ2) is 8.91. The Balaban J connectivity index is 2.03. The van der Waals surface area contributed by atoms with E-state index in [1.54, 1.807) is 0 Å². The maximum absolute atomic E-state index is 11.7. The number of nitrogens with one attached hydrogen (secondary N) is 3. The van der Waals surface area contributed by atoms with Crippen molar-refractivity contribution >= 4 is 11.8 Å². The van der Waals surface area contributed by atoms with Gasteiger partial charge in [0.05, 0.1) is 6.54 Å². The van der Waals surface area contributed by atoms with Crippen LogP contribution < -0.4 is 16.0 Å². The lowest BCUT2D eigenvalue weighted by Crippen LogP contribution is -2.41. The third-order valence-electron chi connectivity index (χ3n) is 3.18. The summed E-state index contributed by atoms with van der Waals surface area (Å²) in [5, 5.41) is 8.76. The molecule has 0 aromatic heterocycles. The summed E-state index contributed by atoms with van der Waals surface area (Å²) >= 11 is 0. The van der Waals surface area contributed by atoms with Gasteiger partial charge in [0.25, 0.3) is 0 Å². The van der Waals surface area contributed by atoms with Crippen LogP contribution in [-0.4, -0.2) is 37.5 Å². The van der Waals surface area contributed by atoms with Crippen molar-refractivity contribution in [1.29, 1.82) is 0 Å². The molecule has 0 aromatic carbocycles. The molecule has 5 heteroatoms. The van der Waals surface area contributed by atoms with Gasteiger partial charge in [0, 0.05) is 26.1 Å². The van der Waals surface area contributed by atoms with Crippen LogP contribution in [0.4, 0.5) is 0 Å². The Bertz CT molecular complexity index is 261. The van der Waals surface area contributed by atoms with E-state index in [0.29, 0.717) is 25.7 Å². The molecule has 18 heavy (non-hydrogen) atoms. The zero-order chi connectivity index (χ0) is 13.2. The van der Waals surface area contributed by atoms with Crippen molar-refractivity contribution in [3.05, 3.63) is 0 Å². The maximum Gasteiger partial charge on any atom is 0.234 e. The molecule has 0 aliphatic heterocycles. The van der Waals surface area contributed by atoms with E-state index < -0.39 is 0 Å². The van der Waals surface area contributed by atoms with Crippen molar-refractivity contribution in [2.45, 2.75) is 51.5 Å². The maximum atomic E-state index is 11.7. The van der Waals surface area contributed by atoms with Crippen molar-refractivity contribution < 1.29 is 9.59 Å². The standard InChI is InChI=1S/C13H25N3O2/c1-11(17)15-9-8-14-10-13(18)16-12-6-4-2-3-5-7-12/h12,14H,2-10H2,1H3,(H,15,17)(H,16,18). The first-order valence-corrected chi connectivity index (χ1v) is 6.93. The van der Waals surface area contributed by atoms with Crippen LogP contribution in [0.3, 0.4) is 0 Å². The first kappa shape index (κ1) is 15.0. The molecule has 0 atom stereocenters. The molecule has 0 unspecified atom stereocenters. The summed E-state index contributed by atoms with van der Waals surface area (Å²) in [7, 11) is 0. The Kier molecular flexibility index (Phi) is 7.41. The van der Waals surface area contributed by atoms with E-state index in [2.05, 4.69) is 16.0 Å². The quantitative estimate of drug-likeness (QED) is 0.479. The van der Waals surface area contributed by atoms with Gasteiger partial charge in [-0.2, -0.15) is 0 Å². The van der Waals surface area contributed by atoms with Crippen molar-refractivity contribution in [2.75, 3.05) is 19.6 Å². The molecule has 1 aliphatic carbocycles. The molecular formula is C13H25N3O2. The number of carbonyl (C=O) groups excluding carboxylic acids is 2. The monoisotopic (exact) mass is 255 g/mol. The van der Waals surface area contributed by atoms with Gasteiger partial charge in [0.1, 0.15) is 0 Å². The Morgan fingerprint density at radius 2 is 1.72 bits per heavy atom. The number of hydrogen-bond acceptors (Lipinski definition) is 3. The topological polar surface area (TPSA) is 70.2 Å². The van der Waals surface area contributed by atoms with Gasteiger partial charge in [-0.3, -0.25) is 9.59 Å². The van der Waals surface area contributed by atoms with E-state index in [-0.39, 0.29) is 11.8 Å². The SMILES string of the molecule is CC(=O)NCCNCC(=O)NC1CCCCCC1. The second-order valence-corrected chi connectivity index (χ2v) is 4.92. The summed E-state index contributed by atoms with van der Waals surface area (Å²) in [6.07, 6.45) is 7.25. The predicted molar refractivity (Wildman–Crippen MR) is 71.2 cm³/mol. The Morgan fingerprint density at radius 3 is 2.33 bits per heavy atom. The number of amides is 2. The first-order chi connectivity index (χ1) is 8.68. The highest BCUT2D eigenvalue weighted by atomic mass is 16.2.